The molecule has 10 nitrogen and oxygen atoms in total. The third kappa shape index (κ3) is 9.24. The Bertz CT molecular complexity index is 820. The second kappa shape index (κ2) is 13.8. The lowest BCUT2D eigenvalue weighted by molar-refractivity contribution is -0.165. The SMILES string of the molecule is CC(C)(C)OC(=O)N[C@H](C(=O)N1CC[C@H](OCCO)C1)c1ccc(OCCOC2CCCCO2)cc1. The van der Waals surface area contributed by atoms with Crippen LogP contribution in [0.2, 0.25) is 0 Å². The van der Waals surface area contributed by atoms with Crippen molar-refractivity contribution >= 4 is 12.0 Å². The summed E-state index contributed by atoms with van der Waals surface area (Å²) < 4.78 is 28.0. The smallest absolute Gasteiger partial charge is 0.408 e. The highest BCUT2D eigenvalue weighted by Gasteiger charge is 2.34. The molecule has 1 aromatic carbocycles. The topological polar surface area (TPSA) is 116 Å². The Labute approximate surface area is 213 Å². The Morgan fingerprint density at radius 2 is 1.89 bits per heavy atom. The van der Waals surface area contributed by atoms with Crippen molar-refractivity contribution in [3.8, 4) is 5.75 Å². The summed E-state index contributed by atoms with van der Waals surface area (Å²) in [5.74, 6) is 0.388. The molecule has 10 heteroatoms. The van der Waals surface area contributed by atoms with E-state index in [0.717, 1.165) is 25.9 Å². The summed E-state index contributed by atoms with van der Waals surface area (Å²) in [7, 11) is 0. The number of hydrogen-bond donors (Lipinski definition) is 2. The van der Waals surface area contributed by atoms with E-state index in [2.05, 4.69) is 5.32 Å². The summed E-state index contributed by atoms with van der Waals surface area (Å²) in [5.41, 5.74) is -0.0819. The molecule has 3 atom stereocenters. The number of hydrogen-bond acceptors (Lipinski definition) is 8. The highest BCUT2D eigenvalue weighted by Crippen LogP contribution is 2.24. The largest absolute Gasteiger partial charge is 0.491 e. The van der Waals surface area contributed by atoms with E-state index < -0.39 is 17.7 Å². The molecule has 2 saturated heterocycles. The Hall–Kier alpha value is -2.40. The van der Waals surface area contributed by atoms with Crippen LogP contribution in [0.4, 0.5) is 4.79 Å². The fourth-order valence-electron chi connectivity index (χ4n) is 4.12. The second-order valence-electron chi connectivity index (χ2n) is 9.95. The van der Waals surface area contributed by atoms with Crippen LogP contribution in [0.5, 0.6) is 5.75 Å². The first-order valence-corrected chi connectivity index (χ1v) is 12.7. The van der Waals surface area contributed by atoms with Crippen molar-refractivity contribution in [3.63, 3.8) is 0 Å². The van der Waals surface area contributed by atoms with Gasteiger partial charge < -0.3 is 39.0 Å². The summed E-state index contributed by atoms with van der Waals surface area (Å²) in [6, 6.07) is 6.13. The number of nitrogens with zero attached hydrogens (tertiary/aromatic N) is 1. The summed E-state index contributed by atoms with van der Waals surface area (Å²) in [4.78, 5) is 27.6. The average Bonchev–Trinajstić information content (AvgIpc) is 3.33. The molecule has 202 valence electrons. The van der Waals surface area contributed by atoms with Crippen LogP contribution >= 0.6 is 0 Å². The normalized spacial score (nSPS) is 21.2. The second-order valence-corrected chi connectivity index (χ2v) is 9.95. The van der Waals surface area contributed by atoms with Crippen LogP contribution in [0.25, 0.3) is 0 Å². The molecule has 2 fully saturated rings. The van der Waals surface area contributed by atoms with E-state index in [0.29, 0.717) is 44.0 Å². The maximum atomic E-state index is 13.4. The molecular formula is C26H40N2O8. The van der Waals surface area contributed by atoms with Crippen LogP contribution in [0.1, 0.15) is 58.1 Å². The number of likely N-dealkylation sites (tertiary alicyclic amines) is 1. The van der Waals surface area contributed by atoms with Crippen molar-refractivity contribution in [2.45, 2.75) is 70.5 Å². The van der Waals surface area contributed by atoms with Gasteiger partial charge in [-0.05, 0) is 64.2 Å². The van der Waals surface area contributed by atoms with Gasteiger partial charge in [-0.1, -0.05) is 12.1 Å². The van der Waals surface area contributed by atoms with Crippen LogP contribution in [0, 0.1) is 0 Å². The predicted octanol–water partition coefficient (Wildman–Crippen LogP) is 2.78. The van der Waals surface area contributed by atoms with Gasteiger partial charge in [-0.15, -0.1) is 0 Å². The maximum Gasteiger partial charge on any atom is 0.408 e. The molecule has 36 heavy (non-hydrogen) atoms. The third-order valence-electron chi connectivity index (χ3n) is 5.82. The van der Waals surface area contributed by atoms with Crippen molar-refractivity contribution in [3.05, 3.63) is 29.8 Å². The van der Waals surface area contributed by atoms with E-state index in [1.54, 1.807) is 49.9 Å². The highest BCUT2D eigenvalue weighted by atomic mass is 16.7. The summed E-state index contributed by atoms with van der Waals surface area (Å²) >= 11 is 0. The lowest BCUT2D eigenvalue weighted by Gasteiger charge is -2.27. The Morgan fingerprint density at radius 1 is 1.11 bits per heavy atom. The Balaban J connectivity index is 1.59. The summed E-state index contributed by atoms with van der Waals surface area (Å²) in [6.07, 6.45) is 2.79. The Morgan fingerprint density at radius 3 is 2.56 bits per heavy atom. The molecule has 2 heterocycles. The van der Waals surface area contributed by atoms with Crippen LogP contribution < -0.4 is 10.1 Å². The van der Waals surface area contributed by atoms with Crippen molar-refractivity contribution in [1.29, 1.82) is 0 Å². The fourth-order valence-corrected chi connectivity index (χ4v) is 4.12. The lowest BCUT2D eigenvalue weighted by Crippen LogP contribution is -2.44. The van der Waals surface area contributed by atoms with Gasteiger partial charge in [-0.3, -0.25) is 4.79 Å². The number of rotatable bonds is 11. The van der Waals surface area contributed by atoms with Gasteiger partial charge in [-0.25, -0.2) is 4.79 Å². The molecule has 0 aliphatic carbocycles. The van der Waals surface area contributed by atoms with Gasteiger partial charge in [-0.2, -0.15) is 0 Å². The van der Waals surface area contributed by atoms with Gasteiger partial charge >= 0.3 is 6.09 Å². The van der Waals surface area contributed by atoms with Gasteiger partial charge in [0.1, 0.15) is 24.0 Å². The molecule has 3 rings (SSSR count). The quantitative estimate of drug-likeness (QED) is 0.439. The first-order chi connectivity index (χ1) is 17.2. The first kappa shape index (κ1) is 28.2. The van der Waals surface area contributed by atoms with E-state index in [1.807, 2.05) is 0 Å². The Kier molecular flexibility index (Phi) is 10.8. The van der Waals surface area contributed by atoms with E-state index in [9.17, 15) is 9.59 Å². The molecule has 0 radical (unpaired) electrons. The van der Waals surface area contributed by atoms with Crippen LogP contribution in [0.15, 0.2) is 24.3 Å². The average molecular weight is 509 g/mol. The molecule has 0 aromatic heterocycles. The molecule has 1 unspecified atom stereocenters. The number of aliphatic hydroxyl groups is 1. The molecule has 2 amide bonds. The minimum absolute atomic E-state index is 0.0673. The van der Waals surface area contributed by atoms with E-state index in [1.165, 1.54) is 0 Å². The summed E-state index contributed by atoms with van der Waals surface area (Å²) in [6.45, 7) is 7.90. The molecule has 0 saturated carbocycles. The van der Waals surface area contributed by atoms with Crippen LogP contribution in [-0.2, 0) is 23.7 Å². The number of ether oxygens (including phenoxy) is 5. The van der Waals surface area contributed by atoms with E-state index in [-0.39, 0.29) is 31.5 Å². The van der Waals surface area contributed by atoms with E-state index in [4.69, 9.17) is 28.8 Å². The van der Waals surface area contributed by atoms with Gasteiger partial charge in [0.25, 0.3) is 0 Å². The molecule has 2 aliphatic rings. The third-order valence-corrected chi connectivity index (χ3v) is 5.82. The van der Waals surface area contributed by atoms with Crippen molar-refractivity contribution in [1.82, 2.24) is 10.2 Å². The molecule has 0 spiro atoms. The lowest BCUT2D eigenvalue weighted by atomic mass is 10.1. The molecule has 1 aromatic rings. The zero-order chi connectivity index (χ0) is 26.0. The molecular weight excluding hydrogens is 468 g/mol. The van der Waals surface area contributed by atoms with E-state index >= 15 is 0 Å². The van der Waals surface area contributed by atoms with Crippen molar-refractivity contribution < 1.29 is 38.4 Å². The fraction of sp³-hybridized carbons (Fsp3) is 0.692. The number of carbonyl (C=O) groups is 2. The van der Waals surface area contributed by atoms with Crippen molar-refractivity contribution in [2.24, 2.45) is 0 Å². The maximum absolute atomic E-state index is 13.4. The van der Waals surface area contributed by atoms with Crippen LogP contribution in [0.3, 0.4) is 0 Å². The minimum Gasteiger partial charge on any atom is -0.491 e. The minimum atomic E-state index is -0.919. The molecule has 2 aliphatic heterocycles. The molecule has 0 bridgehead atoms. The number of carbonyl (C=O) groups excluding carboxylic acids is 2. The highest BCUT2D eigenvalue weighted by molar-refractivity contribution is 5.87. The van der Waals surface area contributed by atoms with Gasteiger partial charge in [0.15, 0.2) is 6.29 Å². The standard InChI is InChI=1S/C26H40N2O8/c1-26(2,3)36-25(31)27-23(24(30)28-12-11-21(18-28)32-15-13-29)19-7-9-20(10-8-19)33-16-17-35-22-6-4-5-14-34-22/h7-10,21-23,29H,4-6,11-18H2,1-3H3,(H,27,31)/t21-,22?,23-/m0/s1. The number of aliphatic hydroxyl groups excluding tert-OH is 1. The van der Waals surface area contributed by atoms with Gasteiger partial charge in [0.2, 0.25) is 5.91 Å². The predicted molar refractivity (Wildman–Crippen MR) is 132 cm³/mol. The summed E-state index contributed by atoms with van der Waals surface area (Å²) in [5, 5.41) is 11.7. The monoisotopic (exact) mass is 508 g/mol. The number of alkyl carbamates (subject to hydrolysis) is 1. The zero-order valence-electron chi connectivity index (χ0n) is 21.6. The van der Waals surface area contributed by atoms with Gasteiger partial charge in [0.05, 0.1) is 25.9 Å². The number of nitrogens with one attached hydrogen (secondary N) is 1. The molecule has 2 N–H and O–H groups in total. The van der Waals surface area contributed by atoms with Gasteiger partial charge in [0, 0.05) is 19.7 Å². The van der Waals surface area contributed by atoms with Crippen molar-refractivity contribution in [2.75, 3.05) is 46.1 Å². The number of benzene rings is 1. The van der Waals surface area contributed by atoms with Crippen LogP contribution in [-0.4, -0.2) is 86.1 Å². The number of amides is 2. The zero-order valence-corrected chi connectivity index (χ0v) is 21.6. The first-order valence-electron chi connectivity index (χ1n) is 12.7.